The number of amides is 3. The zero-order chi connectivity index (χ0) is 20.6. The Hall–Kier alpha value is -2.28. The van der Waals surface area contributed by atoms with Crippen molar-refractivity contribution in [1.29, 1.82) is 0 Å². The monoisotopic (exact) mass is 397 g/mol. The lowest BCUT2D eigenvalue weighted by Gasteiger charge is -2.23. The van der Waals surface area contributed by atoms with Crippen molar-refractivity contribution in [3.8, 4) is 0 Å². The Morgan fingerprint density at radius 2 is 1.59 bits per heavy atom. The number of carboxylic acid groups (broad SMARTS) is 1. The molecule has 4 N–H and O–H groups in total. The van der Waals surface area contributed by atoms with Gasteiger partial charge in [0.25, 0.3) is 0 Å². The van der Waals surface area contributed by atoms with Crippen molar-refractivity contribution in [3.63, 3.8) is 0 Å². The molecule has 0 saturated heterocycles. The van der Waals surface area contributed by atoms with Crippen LogP contribution in [0.5, 0.6) is 0 Å². The molecule has 2 atom stereocenters. The fourth-order valence-corrected chi connectivity index (χ4v) is 2.75. The molecule has 1 rings (SSSR count). The van der Waals surface area contributed by atoms with Gasteiger partial charge in [-0.2, -0.15) is 0 Å². The van der Waals surface area contributed by atoms with Crippen LogP contribution in [0.3, 0.4) is 0 Å². The summed E-state index contributed by atoms with van der Waals surface area (Å²) in [4.78, 5) is 36.2. The van der Waals surface area contributed by atoms with Gasteiger partial charge in [-0.15, -0.1) is 0 Å². The van der Waals surface area contributed by atoms with E-state index in [1.807, 2.05) is 27.7 Å². The first-order valence-corrected chi connectivity index (χ1v) is 9.32. The average molecular weight is 398 g/mol. The number of carbonyl (C=O) groups is 3. The van der Waals surface area contributed by atoms with Gasteiger partial charge in [0.05, 0.1) is 0 Å². The third-order valence-electron chi connectivity index (χ3n) is 3.73. The van der Waals surface area contributed by atoms with E-state index in [9.17, 15) is 19.5 Å². The summed E-state index contributed by atoms with van der Waals surface area (Å²) < 4.78 is 0. The normalized spacial score (nSPS) is 13.1. The van der Waals surface area contributed by atoms with Crippen LogP contribution in [0.2, 0.25) is 5.02 Å². The van der Waals surface area contributed by atoms with Crippen molar-refractivity contribution in [2.45, 2.75) is 52.6 Å². The predicted octanol–water partition coefficient (Wildman–Crippen LogP) is 3.49. The molecule has 0 aliphatic rings. The first kappa shape index (κ1) is 22.8. The number of halogens is 1. The summed E-state index contributed by atoms with van der Waals surface area (Å²) in [5.74, 6) is -1.38. The number of carboxylic acids is 1. The number of hydrogen-bond acceptors (Lipinski definition) is 3. The Balaban J connectivity index is 2.79. The second-order valence-corrected chi connectivity index (χ2v) is 7.76. The van der Waals surface area contributed by atoms with Crippen molar-refractivity contribution >= 4 is 35.2 Å². The molecule has 0 spiro atoms. The van der Waals surface area contributed by atoms with Gasteiger partial charge in [-0.1, -0.05) is 45.4 Å². The minimum absolute atomic E-state index is 0.106. The van der Waals surface area contributed by atoms with E-state index in [-0.39, 0.29) is 11.8 Å². The van der Waals surface area contributed by atoms with E-state index in [1.165, 1.54) is 0 Å². The molecule has 0 saturated carbocycles. The van der Waals surface area contributed by atoms with Crippen LogP contribution in [-0.2, 0) is 9.59 Å². The van der Waals surface area contributed by atoms with Crippen molar-refractivity contribution in [2.24, 2.45) is 11.8 Å². The molecule has 1 aromatic carbocycles. The van der Waals surface area contributed by atoms with Gasteiger partial charge in [0, 0.05) is 10.7 Å². The topological polar surface area (TPSA) is 108 Å². The number of hydrogen-bond donors (Lipinski definition) is 4. The Labute approximate surface area is 164 Å². The van der Waals surface area contributed by atoms with E-state index in [4.69, 9.17) is 11.6 Å². The maximum absolute atomic E-state index is 12.6. The highest BCUT2D eigenvalue weighted by Crippen LogP contribution is 2.15. The first-order valence-electron chi connectivity index (χ1n) is 8.94. The quantitative estimate of drug-likeness (QED) is 0.511. The molecule has 0 unspecified atom stereocenters. The molecular formula is C19H28ClN3O4. The molecule has 150 valence electrons. The highest BCUT2D eigenvalue weighted by atomic mass is 35.5. The van der Waals surface area contributed by atoms with E-state index >= 15 is 0 Å². The Kier molecular flexibility index (Phi) is 9.08. The molecule has 0 aliphatic heterocycles. The van der Waals surface area contributed by atoms with Crippen LogP contribution in [0.4, 0.5) is 10.5 Å². The van der Waals surface area contributed by atoms with E-state index in [0.717, 1.165) is 0 Å². The number of carbonyl (C=O) groups excluding carboxylic acids is 2. The van der Waals surface area contributed by atoms with E-state index < -0.39 is 30.0 Å². The summed E-state index contributed by atoms with van der Waals surface area (Å²) in [7, 11) is 0. The van der Waals surface area contributed by atoms with Gasteiger partial charge in [0.15, 0.2) is 0 Å². The average Bonchev–Trinajstić information content (AvgIpc) is 2.52. The molecule has 0 fully saturated rings. The van der Waals surface area contributed by atoms with Crippen LogP contribution < -0.4 is 16.0 Å². The number of aliphatic carboxylic acids is 1. The molecular weight excluding hydrogens is 370 g/mol. The predicted molar refractivity (Wildman–Crippen MR) is 106 cm³/mol. The van der Waals surface area contributed by atoms with E-state index in [2.05, 4.69) is 16.0 Å². The Morgan fingerprint density at radius 1 is 1.00 bits per heavy atom. The summed E-state index contributed by atoms with van der Waals surface area (Å²) in [6, 6.07) is 4.23. The lowest BCUT2D eigenvalue weighted by atomic mass is 10.0. The van der Waals surface area contributed by atoms with Crippen LogP contribution in [0.25, 0.3) is 0 Å². The Morgan fingerprint density at radius 3 is 2.11 bits per heavy atom. The number of rotatable bonds is 9. The Bertz CT molecular complexity index is 664. The van der Waals surface area contributed by atoms with E-state index in [0.29, 0.717) is 23.6 Å². The van der Waals surface area contributed by atoms with Crippen molar-refractivity contribution in [3.05, 3.63) is 29.3 Å². The minimum Gasteiger partial charge on any atom is -0.480 e. The second-order valence-electron chi connectivity index (χ2n) is 7.32. The van der Waals surface area contributed by atoms with Crippen LogP contribution in [-0.4, -0.2) is 35.1 Å². The number of nitrogens with one attached hydrogen (secondary N) is 3. The third-order valence-corrected chi connectivity index (χ3v) is 3.97. The molecule has 7 nitrogen and oxygen atoms in total. The van der Waals surface area contributed by atoms with Gasteiger partial charge in [0.2, 0.25) is 5.91 Å². The number of benzene rings is 1. The smallest absolute Gasteiger partial charge is 0.326 e. The fraction of sp³-hybridized carbons (Fsp3) is 0.526. The lowest BCUT2D eigenvalue weighted by Crippen LogP contribution is -2.53. The SMILES string of the molecule is CC(C)C[C@H](NC(=O)[C@@H](CC(C)C)NC(=O)Nc1cccc(Cl)c1)C(=O)O. The standard InChI is InChI=1S/C19H28ClN3O4/c1-11(2)8-15(17(24)22-16(18(25)26)9-12(3)4)23-19(27)21-14-7-5-6-13(20)10-14/h5-7,10-12,15-16H,8-9H2,1-4H3,(H,22,24)(H,25,26)(H2,21,23,27)/t15-,16+/m1/s1. The summed E-state index contributed by atoms with van der Waals surface area (Å²) in [5, 5.41) is 17.5. The van der Waals surface area contributed by atoms with Crippen LogP contribution in [0.15, 0.2) is 24.3 Å². The van der Waals surface area contributed by atoms with Gasteiger partial charge >= 0.3 is 12.0 Å². The van der Waals surface area contributed by atoms with Gasteiger partial charge < -0.3 is 21.1 Å². The molecule has 0 aliphatic carbocycles. The largest absolute Gasteiger partial charge is 0.480 e. The molecule has 8 heteroatoms. The summed E-state index contributed by atoms with van der Waals surface area (Å²) in [5.41, 5.74) is 0.493. The van der Waals surface area contributed by atoms with Gasteiger partial charge in [-0.05, 0) is 42.9 Å². The van der Waals surface area contributed by atoms with Crippen LogP contribution in [0, 0.1) is 11.8 Å². The lowest BCUT2D eigenvalue weighted by molar-refractivity contribution is -0.142. The molecule has 0 bridgehead atoms. The van der Waals surface area contributed by atoms with Crippen molar-refractivity contribution < 1.29 is 19.5 Å². The van der Waals surface area contributed by atoms with E-state index in [1.54, 1.807) is 24.3 Å². The zero-order valence-electron chi connectivity index (χ0n) is 16.1. The van der Waals surface area contributed by atoms with Gasteiger partial charge in [0.1, 0.15) is 12.1 Å². The molecule has 27 heavy (non-hydrogen) atoms. The summed E-state index contributed by atoms with van der Waals surface area (Å²) in [6.07, 6.45) is 0.687. The highest BCUT2D eigenvalue weighted by Gasteiger charge is 2.27. The van der Waals surface area contributed by atoms with Gasteiger partial charge in [-0.3, -0.25) is 4.79 Å². The zero-order valence-corrected chi connectivity index (χ0v) is 16.8. The molecule has 1 aromatic rings. The maximum Gasteiger partial charge on any atom is 0.326 e. The molecule has 0 radical (unpaired) electrons. The number of urea groups is 1. The number of anilines is 1. The third kappa shape index (κ3) is 8.77. The molecule has 0 heterocycles. The van der Waals surface area contributed by atoms with Crippen molar-refractivity contribution in [2.75, 3.05) is 5.32 Å². The van der Waals surface area contributed by atoms with Crippen LogP contribution >= 0.6 is 11.6 Å². The van der Waals surface area contributed by atoms with Crippen LogP contribution in [0.1, 0.15) is 40.5 Å². The molecule has 3 amide bonds. The maximum atomic E-state index is 12.6. The first-order chi connectivity index (χ1) is 12.6. The van der Waals surface area contributed by atoms with Crippen molar-refractivity contribution in [1.82, 2.24) is 10.6 Å². The molecule has 0 aromatic heterocycles. The highest BCUT2D eigenvalue weighted by molar-refractivity contribution is 6.30. The second kappa shape index (κ2) is 10.8. The summed E-state index contributed by atoms with van der Waals surface area (Å²) in [6.45, 7) is 7.59. The van der Waals surface area contributed by atoms with Gasteiger partial charge in [-0.25, -0.2) is 9.59 Å². The summed E-state index contributed by atoms with van der Waals surface area (Å²) >= 11 is 5.89. The minimum atomic E-state index is -1.09. The fourth-order valence-electron chi connectivity index (χ4n) is 2.56.